The number of rotatable bonds is 2. The van der Waals surface area contributed by atoms with Gasteiger partial charge in [0.05, 0.1) is 19.3 Å². The van der Waals surface area contributed by atoms with Crippen molar-refractivity contribution >= 4 is 38.9 Å². The minimum Gasteiger partial charge on any atom is -0.490 e. The summed E-state index contributed by atoms with van der Waals surface area (Å²) >= 11 is 11.5. The van der Waals surface area contributed by atoms with Crippen molar-refractivity contribution in [3.63, 3.8) is 0 Å². The molecule has 1 aromatic carbocycles. The van der Waals surface area contributed by atoms with Crippen LogP contribution in [0.5, 0.6) is 11.5 Å². The van der Waals surface area contributed by atoms with Gasteiger partial charge in [-0.1, -0.05) is 11.6 Å². The summed E-state index contributed by atoms with van der Waals surface area (Å²) in [6, 6.07) is 5.38. The minimum atomic E-state index is -0.283. The van der Waals surface area contributed by atoms with Gasteiger partial charge in [-0.2, -0.15) is 0 Å². The standard InChI is InChI=1S/C14H13BrClNO2S/c15-9-2-5-20-14(9)13(17)8-6-11-12(7-10(8)16)19-4-1-3-18-11/h2,5-7,13H,1,3-4,17H2. The predicted molar refractivity (Wildman–Crippen MR) is 85.1 cm³/mol. The number of fused-ring (bicyclic) bond motifs is 1. The molecule has 3 nitrogen and oxygen atoms in total. The summed E-state index contributed by atoms with van der Waals surface area (Å²) in [5.41, 5.74) is 7.18. The van der Waals surface area contributed by atoms with Crippen molar-refractivity contribution < 1.29 is 9.47 Å². The molecule has 106 valence electrons. The maximum absolute atomic E-state index is 6.35. The van der Waals surface area contributed by atoms with Crippen molar-refractivity contribution in [3.8, 4) is 11.5 Å². The molecule has 1 aromatic heterocycles. The van der Waals surface area contributed by atoms with E-state index in [1.165, 1.54) is 0 Å². The van der Waals surface area contributed by atoms with Crippen LogP contribution >= 0.6 is 38.9 Å². The Morgan fingerprint density at radius 3 is 2.60 bits per heavy atom. The number of nitrogens with two attached hydrogens (primary N) is 1. The Labute approximate surface area is 134 Å². The lowest BCUT2D eigenvalue weighted by atomic mass is 10.1. The molecular formula is C14H13BrClNO2S. The van der Waals surface area contributed by atoms with Gasteiger partial charge >= 0.3 is 0 Å². The summed E-state index contributed by atoms with van der Waals surface area (Å²) in [6.07, 6.45) is 0.865. The fourth-order valence-electron chi connectivity index (χ4n) is 2.11. The van der Waals surface area contributed by atoms with Crippen LogP contribution in [0.1, 0.15) is 22.9 Å². The molecule has 0 radical (unpaired) electrons. The highest BCUT2D eigenvalue weighted by Crippen LogP contribution is 2.40. The summed E-state index contributed by atoms with van der Waals surface area (Å²) in [6.45, 7) is 1.29. The van der Waals surface area contributed by atoms with Crippen LogP contribution in [0.3, 0.4) is 0 Å². The van der Waals surface area contributed by atoms with Crippen molar-refractivity contribution in [1.82, 2.24) is 0 Å². The van der Waals surface area contributed by atoms with Crippen LogP contribution in [-0.4, -0.2) is 13.2 Å². The topological polar surface area (TPSA) is 44.5 Å². The highest BCUT2D eigenvalue weighted by molar-refractivity contribution is 9.10. The van der Waals surface area contributed by atoms with Gasteiger partial charge < -0.3 is 15.2 Å². The van der Waals surface area contributed by atoms with E-state index in [1.54, 1.807) is 17.4 Å². The highest BCUT2D eigenvalue weighted by Gasteiger charge is 2.21. The molecule has 0 amide bonds. The van der Waals surface area contributed by atoms with Gasteiger partial charge in [0.2, 0.25) is 0 Å². The molecular weight excluding hydrogens is 362 g/mol. The number of thiophene rings is 1. The minimum absolute atomic E-state index is 0.283. The Kier molecular flexibility index (Phi) is 4.21. The lowest BCUT2D eigenvalue weighted by molar-refractivity contribution is 0.297. The van der Waals surface area contributed by atoms with Crippen LogP contribution in [0.15, 0.2) is 28.1 Å². The third-order valence-electron chi connectivity index (χ3n) is 3.13. The third-order valence-corrected chi connectivity index (χ3v) is 5.41. The molecule has 1 aliphatic rings. The van der Waals surface area contributed by atoms with E-state index in [0.717, 1.165) is 21.3 Å². The van der Waals surface area contributed by atoms with Crippen molar-refractivity contribution in [1.29, 1.82) is 0 Å². The van der Waals surface area contributed by atoms with Crippen LogP contribution in [-0.2, 0) is 0 Å². The zero-order valence-electron chi connectivity index (χ0n) is 10.6. The number of halogens is 2. The van der Waals surface area contributed by atoms with E-state index in [-0.39, 0.29) is 6.04 Å². The van der Waals surface area contributed by atoms with Gasteiger partial charge in [0.1, 0.15) is 0 Å². The van der Waals surface area contributed by atoms with Crippen LogP contribution in [0, 0.1) is 0 Å². The van der Waals surface area contributed by atoms with E-state index in [4.69, 9.17) is 26.8 Å². The monoisotopic (exact) mass is 373 g/mol. The maximum Gasteiger partial charge on any atom is 0.162 e. The molecule has 0 fully saturated rings. The first-order chi connectivity index (χ1) is 9.66. The van der Waals surface area contributed by atoms with E-state index in [1.807, 2.05) is 17.5 Å². The quantitative estimate of drug-likeness (QED) is 0.848. The second-order valence-electron chi connectivity index (χ2n) is 4.48. The van der Waals surface area contributed by atoms with Crippen LogP contribution in [0.4, 0.5) is 0 Å². The molecule has 6 heteroatoms. The van der Waals surface area contributed by atoms with Crippen molar-refractivity contribution in [2.45, 2.75) is 12.5 Å². The Morgan fingerprint density at radius 2 is 1.95 bits per heavy atom. The van der Waals surface area contributed by atoms with Gasteiger partial charge in [0.15, 0.2) is 11.5 Å². The van der Waals surface area contributed by atoms with Crippen LogP contribution in [0.25, 0.3) is 0 Å². The average molecular weight is 375 g/mol. The van der Waals surface area contributed by atoms with E-state index >= 15 is 0 Å². The van der Waals surface area contributed by atoms with Crippen molar-refractivity contribution in [2.24, 2.45) is 5.73 Å². The molecule has 0 saturated heterocycles. The number of benzene rings is 1. The molecule has 20 heavy (non-hydrogen) atoms. The zero-order chi connectivity index (χ0) is 14.1. The van der Waals surface area contributed by atoms with Gasteiger partial charge in [-0.05, 0) is 39.0 Å². The summed E-state index contributed by atoms with van der Waals surface area (Å²) in [4.78, 5) is 1.04. The third kappa shape index (κ3) is 2.68. The van der Waals surface area contributed by atoms with Gasteiger partial charge in [0.25, 0.3) is 0 Å². The van der Waals surface area contributed by atoms with E-state index in [2.05, 4.69) is 15.9 Å². The lowest BCUT2D eigenvalue weighted by Crippen LogP contribution is -2.11. The first-order valence-corrected chi connectivity index (χ1v) is 8.29. The Morgan fingerprint density at radius 1 is 1.25 bits per heavy atom. The Hall–Kier alpha value is -0.750. The number of hydrogen-bond donors (Lipinski definition) is 1. The largest absolute Gasteiger partial charge is 0.490 e. The second kappa shape index (κ2) is 5.93. The Balaban J connectivity index is 2.01. The van der Waals surface area contributed by atoms with Gasteiger partial charge in [-0.3, -0.25) is 0 Å². The molecule has 2 aromatic rings. The highest BCUT2D eigenvalue weighted by atomic mass is 79.9. The molecule has 1 unspecified atom stereocenters. The average Bonchev–Trinajstić information content (AvgIpc) is 2.72. The first-order valence-electron chi connectivity index (χ1n) is 6.24. The maximum atomic E-state index is 6.35. The van der Waals surface area contributed by atoms with Crippen LogP contribution < -0.4 is 15.2 Å². The second-order valence-corrected chi connectivity index (χ2v) is 6.69. The molecule has 0 bridgehead atoms. The fourth-order valence-corrected chi connectivity index (χ4v) is 4.02. The molecule has 2 N–H and O–H groups in total. The van der Waals surface area contributed by atoms with Crippen LogP contribution in [0.2, 0.25) is 5.02 Å². The van der Waals surface area contributed by atoms with Gasteiger partial charge in [0, 0.05) is 26.9 Å². The van der Waals surface area contributed by atoms with Gasteiger partial charge in [-0.25, -0.2) is 0 Å². The smallest absolute Gasteiger partial charge is 0.162 e. The van der Waals surface area contributed by atoms with Gasteiger partial charge in [-0.15, -0.1) is 11.3 Å². The molecule has 3 rings (SSSR count). The summed E-state index contributed by atoms with van der Waals surface area (Å²) in [5.74, 6) is 1.40. The summed E-state index contributed by atoms with van der Waals surface area (Å²) in [5, 5.41) is 2.60. The fraction of sp³-hybridized carbons (Fsp3) is 0.286. The predicted octanol–water partition coefficient (Wildman–Crippen LogP) is 4.37. The van der Waals surface area contributed by atoms with Crippen molar-refractivity contribution in [2.75, 3.05) is 13.2 Å². The lowest BCUT2D eigenvalue weighted by Gasteiger charge is -2.16. The first kappa shape index (κ1) is 14.2. The van der Waals surface area contributed by atoms with E-state index in [0.29, 0.717) is 29.7 Å². The molecule has 0 aliphatic carbocycles. The number of ether oxygens (including phenoxy) is 2. The number of hydrogen-bond acceptors (Lipinski definition) is 4. The molecule has 0 spiro atoms. The Bertz CT molecular complexity index is 632. The van der Waals surface area contributed by atoms with E-state index in [9.17, 15) is 0 Å². The summed E-state index contributed by atoms with van der Waals surface area (Å²) < 4.78 is 12.3. The summed E-state index contributed by atoms with van der Waals surface area (Å²) in [7, 11) is 0. The van der Waals surface area contributed by atoms with Crippen molar-refractivity contribution in [3.05, 3.63) is 43.5 Å². The normalized spacial score (nSPS) is 15.8. The molecule has 1 atom stereocenters. The molecule has 0 saturated carbocycles. The zero-order valence-corrected chi connectivity index (χ0v) is 13.7. The molecule has 1 aliphatic heterocycles. The van der Waals surface area contributed by atoms with E-state index < -0.39 is 0 Å². The molecule has 2 heterocycles. The SMILES string of the molecule is NC(c1cc2c(cc1Cl)OCCCO2)c1sccc1Br.